The normalized spacial score (nSPS) is 34.5. The predicted molar refractivity (Wildman–Crippen MR) is 88.1 cm³/mol. The Labute approximate surface area is 130 Å². The van der Waals surface area contributed by atoms with Gasteiger partial charge >= 0.3 is 0 Å². The average molecular weight is 291 g/mol. The third kappa shape index (κ3) is 3.83. The van der Waals surface area contributed by atoms with E-state index >= 15 is 0 Å². The maximum atomic E-state index is 5.64. The van der Waals surface area contributed by atoms with Crippen LogP contribution in [0.25, 0.3) is 0 Å². The fraction of sp³-hybridized carbons (Fsp3) is 0.895. The zero-order chi connectivity index (χ0) is 14.5. The minimum Gasteiger partial charge on any atom is -0.501 e. The maximum Gasteiger partial charge on any atom is 0.0876 e. The summed E-state index contributed by atoms with van der Waals surface area (Å²) in [6.45, 7) is 4.33. The van der Waals surface area contributed by atoms with E-state index in [0.29, 0.717) is 6.04 Å². The molecule has 4 unspecified atom stereocenters. The lowest BCUT2D eigenvalue weighted by atomic mass is 9.65. The lowest BCUT2D eigenvalue weighted by Gasteiger charge is -2.43. The summed E-state index contributed by atoms with van der Waals surface area (Å²) in [5, 5.41) is 3.86. The molecule has 3 rings (SSSR count). The summed E-state index contributed by atoms with van der Waals surface area (Å²) >= 11 is 0. The molecule has 0 bridgehead atoms. The molecule has 1 N–H and O–H groups in total. The molecule has 0 amide bonds. The van der Waals surface area contributed by atoms with Crippen LogP contribution >= 0.6 is 0 Å². The lowest BCUT2D eigenvalue weighted by Crippen LogP contribution is -2.43. The summed E-state index contributed by atoms with van der Waals surface area (Å²) < 4.78 is 5.64. The van der Waals surface area contributed by atoms with Gasteiger partial charge in [0, 0.05) is 6.04 Å². The molecule has 0 spiro atoms. The van der Waals surface area contributed by atoms with Crippen molar-refractivity contribution in [3.8, 4) is 0 Å². The van der Waals surface area contributed by atoms with Crippen LogP contribution in [-0.2, 0) is 4.74 Å². The van der Waals surface area contributed by atoms with Crippen molar-refractivity contribution in [2.45, 2.75) is 77.2 Å². The number of fused-ring (bicyclic) bond motifs is 1. The molecule has 1 aliphatic heterocycles. The van der Waals surface area contributed by atoms with Crippen LogP contribution < -0.4 is 5.32 Å². The van der Waals surface area contributed by atoms with E-state index in [4.69, 9.17) is 4.74 Å². The van der Waals surface area contributed by atoms with Crippen molar-refractivity contribution < 1.29 is 4.74 Å². The minimum atomic E-state index is 0.591. The Bertz CT molecular complexity index is 351. The largest absolute Gasteiger partial charge is 0.501 e. The van der Waals surface area contributed by atoms with Crippen LogP contribution in [-0.4, -0.2) is 19.2 Å². The molecule has 0 saturated heterocycles. The van der Waals surface area contributed by atoms with Crippen LogP contribution in [0, 0.1) is 17.8 Å². The van der Waals surface area contributed by atoms with Gasteiger partial charge in [0.1, 0.15) is 0 Å². The number of ether oxygens (including phenoxy) is 1. The van der Waals surface area contributed by atoms with Gasteiger partial charge in [0.2, 0.25) is 0 Å². The van der Waals surface area contributed by atoms with E-state index in [0.717, 1.165) is 30.9 Å². The number of rotatable bonds is 5. The standard InChI is InChI=1S/C19H33NO/c1-2-11-20-19(18-8-5-12-21-14-18)17-10-9-15-6-3-4-7-16(15)13-17/h14-17,19-20H,2-13H2,1H3. The fourth-order valence-corrected chi connectivity index (χ4v) is 4.93. The number of hydrogen-bond acceptors (Lipinski definition) is 2. The summed E-state index contributed by atoms with van der Waals surface area (Å²) in [6.07, 6.45) is 16.1. The van der Waals surface area contributed by atoms with Gasteiger partial charge in [-0.15, -0.1) is 0 Å². The second kappa shape index (κ2) is 7.67. The van der Waals surface area contributed by atoms with Gasteiger partial charge in [0.25, 0.3) is 0 Å². The third-order valence-corrected chi connectivity index (χ3v) is 6.03. The maximum absolute atomic E-state index is 5.64. The quantitative estimate of drug-likeness (QED) is 0.795. The van der Waals surface area contributed by atoms with Crippen LogP contribution in [0.15, 0.2) is 11.8 Å². The van der Waals surface area contributed by atoms with Gasteiger partial charge in [0.15, 0.2) is 0 Å². The SMILES string of the molecule is CCCNC(C1=COCCC1)C1CCC2CCCCC2C1. The topological polar surface area (TPSA) is 21.3 Å². The molecule has 2 aliphatic carbocycles. The highest BCUT2D eigenvalue weighted by Crippen LogP contribution is 2.44. The Morgan fingerprint density at radius 2 is 2.00 bits per heavy atom. The first-order valence-electron chi connectivity index (χ1n) is 9.42. The molecule has 0 aromatic rings. The van der Waals surface area contributed by atoms with Crippen molar-refractivity contribution in [2.24, 2.45) is 17.8 Å². The van der Waals surface area contributed by atoms with E-state index in [2.05, 4.69) is 18.5 Å². The van der Waals surface area contributed by atoms with Crippen molar-refractivity contribution in [2.75, 3.05) is 13.2 Å². The highest BCUT2D eigenvalue weighted by molar-refractivity contribution is 5.13. The Morgan fingerprint density at radius 1 is 1.14 bits per heavy atom. The van der Waals surface area contributed by atoms with Crippen LogP contribution in [0.1, 0.15) is 71.1 Å². The highest BCUT2D eigenvalue weighted by atomic mass is 16.5. The predicted octanol–water partition coefficient (Wildman–Crippen LogP) is 4.66. The fourth-order valence-electron chi connectivity index (χ4n) is 4.93. The molecule has 3 aliphatic rings. The summed E-state index contributed by atoms with van der Waals surface area (Å²) in [5.74, 6) is 2.93. The minimum absolute atomic E-state index is 0.591. The first kappa shape index (κ1) is 15.4. The molecular weight excluding hydrogens is 258 g/mol. The zero-order valence-electron chi connectivity index (χ0n) is 13.8. The summed E-state index contributed by atoms with van der Waals surface area (Å²) in [7, 11) is 0. The Hall–Kier alpha value is -0.500. The van der Waals surface area contributed by atoms with Crippen molar-refractivity contribution in [3.05, 3.63) is 11.8 Å². The molecule has 1 heterocycles. The second-order valence-corrected chi connectivity index (χ2v) is 7.48. The Morgan fingerprint density at radius 3 is 2.76 bits per heavy atom. The average Bonchev–Trinajstić information content (AvgIpc) is 2.56. The molecular formula is C19H33NO. The van der Waals surface area contributed by atoms with E-state index in [1.54, 1.807) is 5.57 Å². The molecule has 2 saturated carbocycles. The zero-order valence-corrected chi connectivity index (χ0v) is 13.8. The van der Waals surface area contributed by atoms with E-state index in [1.165, 1.54) is 64.2 Å². The monoisotopic (exact) mass is 291 g/mol. The van der Waals surface area contributed by atoms with E-state index in [-0.39, 0.29) is 0 Å². The van der Waals surface area contributed by atoms with Gasteiger partial charge in [-0.1, -0.05) is 32.6 Å². The third-order valence-electron chi connectivity index (χ3n) is 6.03. The lowest BCUT2D eigenvalue weighted by molar-refractivity contribution is 0.112. The molecule has 120 valence electrons. The Kier molecular flexibility index (Phi) is 5.62. The molecule has 2 nitrogen and oxygen atoms in total. The molecule has 21 heavy (non-hydrogen) atoms. The van der Waals surface area contributed by atoms with Crippen molar-refractivity contribution in [1.82, 2.24) is 5.32 Å². The van der Waals surface area contributed by atoms with Crippen molar-refractivity contribution >= 4 is 0 Å². The number of hydrogen-bond donors (Lipinski definition) is 1. The highest BCUT2D eigenvalue weighted by Gasteiger charge is 2.36. The molecule has 4 atom stereocenters. The van der Waals surface area contributed by atoms with Crippen LogP contribution in [0.4, 0.5) is 0 Å². The van der Waals surface area contributed by atoms with Gasteiger partial charge in [-0.2, -0.15) is 0 Å². The van der Waals surface area contributed by atoms with E-state index in [1.807, 2.05) is 0 Å². The Balaban J connectivity index is 1.65. The second-order valence-electron chi connectivity index (χ2n) is 7.48. The van der Waals surface area contributed by atoms with Gasteiger partial charge in [0.05, 0.1) is 12.9 Å². The van der Waals surface area contributed by atoms with Gasteiger partial charge in [-0.05, 0) is 68.4 Å². The molecule has 2 fully saturated rings. The molecule has 0 radical (unpaired) electrons. The number of nitrogens with one attached hydrogen (secondary N) is 1. The first-order valence-corrected chi connectivity index (χ1v) is 9.42. The molecule has 2 heteroatoms. The molecule has 0 aromatic carbocycles. The smallest absolute Gasteiger partial charge is 0.0876 e. The first-order chi connectivity index (χ1) is 10.4. The summed E-state index contributed by atoms with van der Waals surface area (Å²) in [4.78, 5) is 0. The van der Waals surface area contributed by atoms with E-state index in [9.17, 15) is 0 Å². The van der Waals surface area contributed by atoms with Crippen LogP contribution in [0.3, 0.4) is 0 Å². The van der Waals surface area contributed by atoms with Crippen molar-refractivity contribution in [3.63, 3.8) is 0 Å². The van der Waals surface area contributed by atoms with Gasteiger partial charge in [-0.25, -0.2) is 0 Å². The van der Waals surface area contributed by atoms with E-state index < -0.39 is 0 Å². The molecule has 0 aromatic heterocycles. The summed E-state index contributed by atoms with van der Waals surface area (Å²) in [6, 6.07) is 0.591. The van der Waals surface area contributed by atoms with Gasteiger partial charge < -0.3 is 10.1 Å². The van der Waals surface area contributed by atoms with Crippen LogP contribution in [0.2, 0.25) is 0 Å². The summed E-state index contributed by atoms with van der Waals surface area (Å²) in [5.41, 5.74) is 1.55. The van der Waals surface area contributed by atoms with Crippen LogP contribution in [0.5, 0.6) is 0 Å². The van der Waals surface area contributed by atoms with Gasteiger partial charge in [-0.3, -0.25) is 0 Å². The van der Waals surface area contributed by atoms with Crippen molar-refractivity contribution in [1.29, 1.82) is 0 Å².